The fraction of sp³-hybridized carbons (Fsp3) is 0.533. The van der Waals surface area contributed by atoms with E-state index in [1.54, 1.807) is 0 Å². The Bertz CT molecular complexity index is 494. The molecule has 1 heterocycles. The molecular weight excluding hydrogens is 278 g/mol. The van der Waals surface area contributed by atoms with Crippen LogP contribution in [0.5, 0.6) is 0 Å². The first kappa shape index (κ1) is 15.9. The lowest BCUT2D eigenvalue weighted by atomic mass is 9.88. The van der Waals surface area contributed by atoms with Crippen LogP contribution in [0.25, 0.3) is 0 Å². The van der Waals surface area contributed by atoms with E-state index < -0.39 is 23.1 Å². The summed E-state index contributed by atoms with van der Waals surface area (Å²) in [5, 5.41) is 2.66. The minimum Gasteiger partial charge on any atom is -0.381 e. The largest absolute Gasteiger partial charge is 0.381 e. The van der Waals surface area contributed by atoms with Crippen LogP contribution in [0.4, 0.5) is 8.78 Å². The van der Waals surface area contributed by atoms with Crippen LogP contribution in [0.15, 0.2) is 18.2 Å². The van der Waals surface area contributed by atoms with E-state index >= 15 is 0 Å². The Morgan fingerprint density at radius 2 is 1.86 bits per heavy atom. The molecule has 0 atom stereocenters. The second-order valence-corrected chi connectivity index (χ2v) is 5.51. The first-order valence-electron chi connectivity index (χ1n) is 6.94. The second-order valence-electron chi connectivity index (χ2n) is 5.51. The van der Waals surface area contributed by atoms with Crippen molar-refractivity contribution in [3.8, 4) is 0 Å². The van der Waals surface area contributed by atoms with Gasteiger partial charge in [0, 0.05) is 25.3 Å². The fourth-order valence-electron chi connectivity index (χ4n) is 2.58. The molecule has 0 unspecified atom stereocenters. The summed E-state index contributed by atoms with van der Waals surface area (Å²) in [4.78, 5) is 14.1. The molecule has 116 valence electrons. The smallest absolute Gasteiger partial charge is 0.257 e. The van der Waals surface area contributed by atoms with E-state index in [2.05, 4.69) is 5.32 Å². The van der Waals surface area contributed by atoms with Crippen LogP contribution in [0, 0.1) is 11.6 Å². The molecule has 1 fully saturated rings. The number of amides is 1. The standard InChI is InChI=1S/C15H20F2N2O2/c1-19(2)15(6-8-21-9-7-15)10-18-14(20)13-11(16)4-3-5-12(13)17/h3-5H,6-10H2,1-2H3,(H,18,20). The third-order valence-electron chi connectivity index (χ3n) is 4.14. The maximum Gasteiger partial charge on any atom is 0.257 e. The number of carbonyl (C=O) groups is 1. The zero-order valence-corrected chi connectivity index (χ0v) is 12.3. The van der Waals surface area contributed by atoms with Crippen molar-refractivity contribution in [2.24, 2.45) is 0 Å². The van der Waals surface area contributed by atoms with Gasteiger partial charge >= 0.3 is 0 Å². The number of nitrogens with zero attached hydrogens (tertiary/aromatic N) is 1. The van der Waals surface area contributed by atoms with E-state index in [1.165, 1.54) is 6.07 Å². The van der Waals surface area contributed by atoms with Gasteiger partial charge < -0.3 is 15.0 Å². The van der Waals surface area contributed by atoms with Gasteiger partial charge in [-0.25, -0.2) is 8.78 Å². The molecule has 1 amide bonds. The normalized spacial score (nSPS) is 17.8. The number of likely N-dealkylation sites (N-methyl/N-ethyl adjacent to an activating group) is 1. The Kier molecular flexibility index (Phi) is 4.90. The van der Waals surface area contributed by atoms with E-state index in [1.807, 2.05) is 19.0 Å². The van der Waals surface area contributed by atoms with Gasteiger partial charge in [-0.3, -0.25) is 4.79 Å². The molecule has 1 N–H and O–H groups in total. The minimum atomic E-state index is -0.849. The number of hydrogen-bond donors (Lipinski definition) is 1. The molecule has 6 heteroatoms. The highest BCUT2D eigenvalue weighted by atomic mass is 19.1. The molecule has 21 heavy (non-hydrogen) atoms. The van der Waals surface area contributed by atoms with Gasteiger partial charge in [0.25, 0.3) is 5.91 Å². The summed E-state index contributed by atoms with van der Waals surface area (Å²) in [7, 11) is 3.86. The predicted octanol–water partition coefficient (Wildman–Crippen LogP) is 1.81. The molecule has 1 aromatic carbocycles. The third kappa shape index (κ3) is 3.39. The van der Waals surface area contributed by atoms with Crippen molar-refractivity contribution in [3.05, 3.63) is 35.4 Å². The maximum absolute atomic E-state index is 13.6. The van der Waals surface area contributed by atoms with Crippen molar-refractivity contribution in [2.45, 2.75) is 18.4 Å². The van der Waals surface area contributed by atoms with Crippen LogP contribution in [-0.2, 0) is 4.74 Å². The van der Waals surface area contributed by atoms with Gasteiger partial charge in [0.05, 0.1) is 0 Å². The average molecular weight is 298 g/mol. The van der Waals surface area contributed by atoms with E-state index in [4.69, 9.17) is 4.74 Å². The summed E-state index contributed by atoms with van der Waals surface area (Å²) in [6, 6.07) is 3.39. The van der Waals surface area contributed by atoms with Crippen molar-refractivity contribution in [1.29, 1.82) is 0 Å². The molecule has 0 aliphatic carbocycles. The average Bonchev–Trinajstić information content (AvgIpc) is 2.46. The fourth-order valence-corrected chi connectivity index (χ4v) is 2.58. The first-order chi connectivity index (χ1) is 9.96. The van der Waals surface area contributed by atoms with Crippen molar-refractivity contribution >= 4 is 5.91 Å². The second kappa shape index (κ2) is 6.49. The molecule has 0 aromatic heterocycles. The van der Waals surface area contributed by atoms with E-state index in [0.29, 0.717) is 19.8 Å². The summed E-state index contributed by atoms with van der Waals surface area (Å²) in [5.41, 5.74) is -0.770. The van der Waals surface area contributed by atoms with Crippen LogP contribution in [0.3, 0.4) is 0 Å². The Hall–Kier alpha value is -1.53. The SMILES string of the molecule is CN(C)C1(CNC(=O)c2c(F)cccc2F)CCOCC1. The topological polar surface area (TPSA) is 41.6 Å². The van der Waals surface area contributed by atoms with Crippen molar-refractivity contribution in [3.63, 3.8) is 0 Å². The molecule has 1 aliphatic heterocycles. The molecule has 0 spiro atoms. The summed E-state index contributed by atoms with van der Waals surface area (Å²) < 4.78 is 32.5. The Labute approximate surface area is 123 Å². The zero-order valence-electron chi connectivity index (χ0n) is 12.3. The van der Waals surface area contributed by atoms with Gasteiger partial charge in [-0.1, -0.05) is 6.07 Å². The molecule has 0 saturated carbocycles. The zero-order chi connectivity index (χ0) is 15.5. The van der Waals surface area contributed by atoms with Crippen LogP contribution >= 0.6 is 0 Å². The molecule has 1 saturated heterocycles. The minimum absolute atomic E-state index is 0.240. The van der Waals surface area contributed by atoms with Crippen LogP contribution in [0.2, 0.25) is 0 Å². The lowest BCUT2D eigenvalue weighted by molar-refractivity contribution is -0.00661. The number of ether oxygens (including phenoxy) is 1. The van der Waals surface area contributed by atoms with Gasteiger partial charge in [0.1, 0.15) is 17.2 Å². The highest BCUT2D eigenvalue weighted by Gasteiger charge is 2.35. The summed E-state index contributed by atoms with van der Waals surface area (Å²) in [5.74, 6) is -2.42. The molecule has 0 bridgehead atoms. The van der Waals surface area contributed by atoms with Crippen LogP contribution in [-0.4, -0.2) is 50.2 Å². The molecule has 4 nitrogen and oxygen atoms in total. The van der Waals surface area contributed by atoms with Crippen LogP contribution in [0.1, 0.15) is 23.2 Å². The number of hydrogen-bond acceptors (Lipinski definition) is 3. The highest BCUT2D eigenvalue weighted by Crippen LogP contribution is 2.25. The molecular formula is C15H20F2N2O2. The quantitative estimate of drug-likeness (QED) is 0.921. The molecule has 1 aromatic rings. The third-order valence-corrected chi connectivity index (χ3v) is 4.14. The van der Waals surface area contributed by atoms with Crippen molar-refractivity contribution < 1.29 is 18.3 Å². The number of nitrogens with one attached hydrogen (secondary N) is 1. The van der Waals surface area contributed by atoms with E-state index in [0.717, 1.165) is 25.0 Å². The molecule has 2 rings (SSSR count). The maximum atomic E-state index is 13.6. The Morgan fingerprint density at radius 3 is 2.38 bits per heavy atom. The molecule has 1 aliphatic rings. The Balaban J connectivity index is 2.09. The summed E-state index contributed by atoms with van der Waals surface area (Å²) in [6.07, 6.45) is 1.53. The van der Waals surface area contributed by atoms with Crippen molar-refractivity contribution in [1.82, 2.24) is 10.2 Å². The summed E-state index contributed by atoms with van der Waals surface area (Å²) >= 11 is 0. The van der Waals surface area contributed by atoms with Gasteiger partial charge in [-0.15, -0.1) is 0 Å². The lowest BCUT2D eigenvalue weighted by Crippen LogP contribution is -2.55. The highest BCUT2D eigenvalue weighted by molar-refractivity contribution is 5.94. The monoisotopic (exact) mass is 298 g/mol. The van der Waals surface area contributed by atoms with Gasteiger partial charge in [-0.2, -0.15) is 0 Å². The van der Waals surface area contributed by atoms with Gasteiger partial charge in [-0.05, 0) is 39.1 Å². The summed E-state index contributed by atoms with van der Waals surface area (Å²) in [6.45, 7) is 1.56. The molecule has 0 radical (unpaired) electrons. The predicted molar refractivity (Wildman–Crippen MR) is 75.2 cm³/mol. The van der Waals surface area contributed by atoms with Gasteiger partial charge in [0.2, 0.25) is 0 Å². The van der Waals surface area contributed by atoms with Gasteiger partial charge in [0.15, 0.2) is 0 Å². The number of rotatable bonds is 4. The van der Waals surface area contributed by atoms with E-state index in [9.17, 15) is 13.6 Å². The van der Waals surface area contributed by atoms with E-state index in [-0.39, 0.29) is 5.54 Å². The first-order valence-corrected chi connectivity index (χ1v) is 6.94. The van der Waals surface area contributed by atoms with Crippen molar-refractivity contribution in [2.75, 3.05) is 33.9 Å². The lowest BCUT2D eigenvalue weighted by Gasteiger charge is -2.42. The Morgan fingerprint density at radius 1 is 1.29 bits per heavy atom. The van der Waals surface area contributed by atoms with Crippen LogP contribution < -0.4 is 5.32 Å². The number of benzene rings is 1. The number of carbonyl (C=O) groups excluding carboxylic acids is 1. The number of halogens is 2.